The molecule has 8 nitrogen and oxygen atoms in total. The van der Waals surface area contributed by atoms with Gasteiger partial charge in [0.05, 0.1) is 11.0 Å². The first kappa shape index (κ1) is 22.9. The van der Waals surface area contributed by atoms with Crippen LogP contribution in [0.2, 0.25) is 0 Å². The highest BCUT2D eigenvalue weighted by atomic mass is 19.1. The average Bonchev–Trinajstić information content (AvgIpc) is 3.26. The van der Waals surface area contributed by atoms with Gasteiger partial charge in [-0.05, 0) is 47.9 Å². The number of phenols is 1. The first-order chi connectivity index (χ1) is 17.4. The number of amidine groups is 1. The number of aromatic hydroxyl groups is 1. The maximum atomic E-state index is 15.0. The van der Waals surface area contributed by atoms with E-state index in [0.29, 0.717) is 39.0 Å². The molecule has 0 unspecified atom stereocenters. The number of para-hydroxylation sites is 1. The van der Waals surface area contributed by atoms with Crippen LogP contribution in [-0.2, 0) is 0 Å². The van der Waals surface area contributed by atoms with Crippen molar-refractivity contribution in [1.82, 2.24) is 15.5 Å². The second-order valence-electron chi connectivity index (χ2n) is 8.19. The number of hydrazine groups is 1. The summed E-state index contributed by atoms with van der Waals surface area (Å²) in [5.74, 6) is 5.70. The first-order valence-electron chi connectivity index (χ1n) is 11.1. The Kier molecular flexibility index (Phi) is 5.97. The van der Waals surface area contributed by atoms with Crippen LogP contribution in [0.3, 0.4) is 0 Å². The number of ether oxygens (including phenoxy) is 1. The van der Waals surface area contributed by atoms with Gasteiger partial charge in [-0.2, -0.15) is 4.98 Å². The normalized spacial score (nSPS) is 11.6. The largest absolute Gasteiger partial charge is 0.507 e. The number of hydrazone groups is 1. The SMILES string of the molecule is Cc1ccc(Oc2nc3cc(-c4ccc(-c5ccccc5O)cc4)c(F)cc3[nH]2)cc1/C(N)=N/NN. The van der Waals surface area contributed by atoms with Crippen LogP contribution < -0.4 is 21.8 Å². The molecule has 0 atom stereocenters. The van der Waals surface area contributed by atoms with Crippen LogP contribution in [0.1, 0.15) is 11.1 Å². The predicted octanol–water partition coefficient (Wildman–Crippen LogP) is 4.93. The number of aromatic nitrogens is 2. The fourth-order valence-corrected chi connectivity index (χ4v) is 4.01. The molecular formula is C27H23FN6O2. The number of halogens is 1. The summed E-state index contributed by atoms with van der Waals surface area (Å²) in [5, 5.41) is 13.9. The molecule has 9 heteroatoms. The molecule has 0 saturated carbocycles. The van der Waals surface area contributed by atoms with Gasteiger partial charge in [-0.3, -0.25) is 0 Å². The highest BCUT2D eigenvalue weighted by Gasteiger charge is 2.14. The van der Waals surface area contributed by atoms with Gasteiger partial charge in [-0.25, -0.2) is 15.8 Å². The van der Waals surface area contributed by atoms with Crippen molar-refractivity contribution in [2.45, 2.75) is 6.92 Å². The van der Waals surface area contributed by atoms with Crippen LogP contribution in [0.25, 0.3) is 33.3 Å². The molecular weight excluding hydrogens is 459 g/mol. The summed E-state index contributed by atoms with van der Waals surface area (Å²) >= 11 is 0. The Morgan fingerprint density at radius 1 is 1.00 bits per heavy atom. The molecule has 1 aromatic heterocycles. The van der Waals surface area contributed by atoms with Crippen LogP contribution in [0.15, 0.2) is 84.0 Å². The van der Waals surface area contributed by atoms with E-state index in [-0.39, 0.29) is 17.6 Å². The molecule has 0 saturated heterocycles. The summed E-state index contributed by atoms with van der Waals surface area (Å²) in [6.45, 7) is 1.89. The Hall–Kier alpha value is -4.89. The van der Waals surface area contributed by atoms with Gasteiger partial charge in [0.2, 0.25) is 0 Å². The van der Waals surface area contributed by atoms with Crippen molar-refractivity contribution in [1.29, 1.82) is 0 Å². The Morgan fingerprint density at radius 3 is 2.44 bits per heavy atom. The topological polar surface area (TPSA) is 135 Å². The molecule has 180 valence electrons. The van der Waals surface area contributed by atoms with Crippen LogP contribution in [0, 0.1) is 12.7 Å². The van der Waals surface area contributed by atoms with Crippen LogP contribution in [0.5, 0.6) is 17.5 Å². The summed E-state index contributed by atoms with van der Waals surface area (Å²) in [4.78, 5) is 7.47. The van der Waals surface area contributed by atoms with E-state index in [1.54, 1.807) is 30.3 Å². The van der Waals surface area contributed by atoms with Crippen LogP contribution in [0.4, 0.5) is 4.39 Å². The molecule has 0 bridgehead atoms. The number of hydrogen-bond acceptors (Lipinski definition) is 6. The number of nitrogens with two attached hydrogens (primary N) is 2. The molecule has 0 aliphatic rings. The van der Waals surface area contributed by atoms with Gasteiger partial charge in [0, 0.05) is 22.8 Å². The van der Waals surface area contributed by atoms with Crippen LogP contribution >= 0.6 is 0 Å². The highest BCUT2D eigenvalue weighted by molar-refractivity contribution is 5.99. The number of imidazole rings is 1. The molecule has 0 aliphatic carbocycles. The zero-order valence-electron chi connectivity index (χ0n) is 19.3. The van der Waals surface area contributed by atoms with Crippen LogP contribution in [-0.4, -0.2) is 20.9 Å². The Bertz CT molecular complexity index is 1590. The summed E-state index contributed by atoms with van der Waals surface area (Å²) in [6.07, 6.45) is 0. The van der Waals surface area contributed by atoms with E-state index in [1.807, 2.05) is 49.4 Å². The molecule has 0 amide bonds. The van der Waals surface area contributed by atoms with Gasteiger partial charge in [0.1, 0.15) is 17.3 Å². The number of H-pyrrole nitrogens is 1. The lowest BCUT2D eigenvalue weighted by Gasteiger charge is -2.08. The second-order valence-corrected chi connectivity index (χ2v) is 8.19. The monoisotopic (exact) mass is 482 g/mol. The smallest absolute Gasteiger partial charge is 0.300 e. The number of nitrogens with one attached hydrogen (secondary N) is 2. The maximum Gasteiger partial charge on any atom is 0.300 e. The number of hydrogen-bond donors (Lipinski definition) is 5. The fourth-order valence-electron chi connectivity index (χ4n) is 4.01. The Labute approximate surface area is 206 Å². The molecule has 1 heterocycles. The lowest BCUT2D eigenvalue weighted by atomic mass is 9.99. The lowest BCUT2D eigenvalue weighted by molar-refractivity contribution is 0.449. The average molecular weight is 483 g/mol. The minimum atomic E-state index is -0.399. The van der Waals surface area contributed by atoms with E-state index in [4.69, 9.17) is 16.3 Å². The third-order valence-corrected chi connectivity index (χ3v) is 5.84. The predicted molar refractivity (Wildman–Crippen MR) is 138 cm³/mol. The van der Waals surface area contributed by atoms with Gasteiger partial charge in [-0.1, -0.05) is 48.5 Å². The zero-order valence-corrected chi connectivity index (χ0v) is 19.3. The van der Waals surface area contributed by atoms with E-state index in [9.17, 15) is 5.11 Å². The number of aryl methyl sites for hydroxylation is 1. The molecule has 36 heavy (non-hydrogen) atoms. The van der Waals surface area contributed by atoms with Gasteiger partial charge >= 0.3 is 0 Å². The third-order valence-electron chi connectivity index (χ3n) is 5.84. The molecule has 5 rings (SSSR count). The van der Waals surface area contributed by atoms with Crippen molar-refractivity contribution in [3.63, 3.8) is 0 Å². The number of nitrogens with zero attached hydrogens (tertiary/aromatic N) is 2. The summed E-state index contributed by atoms with van der Waals surface area (Å²) < 4.78 is 20.9. The molecule has 0 radical (unpaired) electrons. The maximum absolute atomic E-state index is 15.0. The number of fused-ring (bicyclic) bond motifs is 1. The minimum Gasteiger partial charge on any atom is -0.507 e. The number of aromatic amines is 1. The minimum absolute atomic E-state index is 0.189. The molecule has 0 fully saturated rings. The van der Waals surface area contributed by atoms with Crippen molar-refractivity contribution >= 4 is 16.9 Å². The molecule has 0 aliphatic heterocycles. The van der Waals surface area contributed by atoms with E-state index in [2.05, 4.69) is 20.6 Å². The summed E-state index contributed by atoms with van der Waals surface area (Å²) in [7, 11) is 0. The van der Waals surface area contributed by atoms with Gasteiger partial charge in [0.15, 0.2) is 5.84 Å². The van der Waals surface area contributed by atoms with E-state index in [0.717, 1.165) is 11.1 Å². The van der Waals surface area contributed by atoms with Crippen molar-refractivity contribution in [3.8, 4) is 39.8 Å². The van der Waals surface area contributed by atoms with Gasteiger partial charge < -0.3 is 20.6 Å². The number of phenolic OH excluding ortho intramolecular Hbond substituents is 1. The Balaban J connectivity index is 1.44. The van der Waals surface area contributed by atoms with Gasteiger partial charge in [0.25, 0.3) is 6.01 Å². The van der Waals surface area contributed by atoms with E-state index < -0.39 is 5.82 Å². The van der Waals surface area contributed by atoms with Crippen molar-refractivity contribution in [2.75, 3.05) is 0 Å². The van der Waals surface area contributed by atoms with Crippen molar-refractivity contribution in [3.05, 3.63) is 95.8 Å². The molecule has 4 aromatic carbocycles. The lowest BCUT2D eigenvalue weighted by Crippen LogP contribution is -2.23. The quantitative estimate of drug-likeness (QED) is 0.101. The summed E-state index contributed by atoms with van der Waals surface area (Å²) in [5.41, 5.74) is 13.3. The van der Waals surface area contributed by atoms with E-state index >= 15 is 4.39 Å². The van der Waals surface area contributed by atoms with Crippen molar-refractivity contribution in [2.24, 2.45) is 16.7 Å². The Morgan fingerprint density at radius 2 is 1.72 bits per heavy atom. The molecule has 0 spiro atoms. The molecule has 7 N–H and O–H groups in total. The first-order valence-corrected chi connectivity index (χ1v) is 11.1. The molecule has 5 aromatic rings. The fraction of sp³-hybridized carbons (Fsp3) is 0.0370. The summed E-state index contributed by atoms with van der Waals surface area (Å²) in [6, 6.07) is 23.0. The standard InChI is InChI=1S/C27H23FN6O2/c1-15-6-11-18(12-20(15)26(29)33-34-30)36-27-31-23-13-21(22(28)14-24(23)32-27)17-9-7-16(8-10-17)19-4-2-3-5-25(19)35/h2-14,34-35H,30H2,1H3,(H2,29,33)(H,31,32). The number of rotatable bonds is 6. The second kappa shape index (κ2) is 9.40. The number of benzene rings is 4. The zero-order chi connectivity index (χ0) is 25.2. The van der Waals surface area contributed by atoms with Gasteiger partial charge in [-0.15, -0.1) is 5.10 Å². The van der Waals surface area contributed by atoms with E-state index in [1.165, 1.54) is 6.07 Å². The third kappa shape index (κ3) is 4.42. The highest BCUT2D eigenvalue weighted by Crippen LogP contribution is 2.33. The van der Waals surface area contributed by atoms with Crippen molar-refractivity contribution < 1.29 is 14.2 Å².